The Balaban J connectivity index is 2.45. The maximum atomic E-state index is 13.4. The van der Waals surface area contributed by atoms with Crippen molar-refractivity contribution >= 4 is 9.84 Å². The van der Waals surface area contributed by atoms with Crippen molar-refractivity contribution in [2.45, 2.75) is 10.7 Å². The smallest absolute Gasteiger partial charge is 0.341 e. The quantitative estimate of drug-likeness (QED) is 0.841. The first-order chi connectivity index (χ1) is 11.3. The molecule has 2 aromatic rings. The first kappa shape index (κ1) is 17.3. The minimum Gasteiger partial charge on any atom is -0.456 e. The van der Waals surface area contributed by atoms with Crippen LogP contribution in [0.5, 0.6) is 11.5 Å². The van der Waals surface area contributed by atoms with Crippen LogP contribution < -0.4 is 4.74 Å². The largest absolute Gasteiger partial charge is 0.456 e. The van der Waals surface area contributed by atoms with Gasteiger partial charge < -0.3 is 4.74 Å². The number of nitrogens with zero attached hydrogens (tertiary/aromatic N) is 2. The molecule has 0 aliphatic rings. The second-order valence-electron chi connectivity index (χ2n) is 4.46. The molecule has 122 valence electrons. The molecule has 0 N–H and O–H groups in total. The second-order valence-corrected chi connectivity index (χ2v) is 6.38. The van der Waals surface area contributed by atoms with Gasteiger partial charge in [0.1, 0.15) is 23.4 Å². The lowest BCUT2D eigenvalue weighted by Crippen LogP contribution is -2.11. The standard InChI is InChI=1S/C15H7F3N2O3S/c16-11-3-9(7-19)4-12(6-11)23-14-2-1-13(5-10(14)8-20)24(21,22)15(17)18/h1-6,15H. The predicted octanol–water partition coefficient (Wildman–Crippen LogP) is 3.36. The molecule has 0 radical (unpaired) electrons. The van der Waals surface area contributed by atoms with Gasteiger partial charge in [-0.2, -0.15) is 19.3 Å². The van der Waals surface area contributed by atoms with Crippen molar-refractivity contribution in [3.63, 3.8) is 0 Å². The lowest BCUT2D eigenvalue weighted by Gasteiger charge is -2.10. The van der Waals surface area contributed by atoms with E-state index < -0.39 is 26.3 Å². The minimum absolute atomic E-state index is 0.0274. The van der Waals surface area contributed by atoms with Crippen LogP contribution in [-0.4, -0.2) is 14.2 Å². The monoisotopic (exact) mass is 352 g/mol. The average molecular weight is 352 g/mol. The fourth-order valence-electron chi connectivity index (χ4n) is 1.78. The number of alkyl halides is 2. The zero-order valence-corrected chi connectivity index (χ0v) is 12.5. The molecule has 0 unspecified atom stereocenters. The Morgan fingerprint density at radius 2 is 1.75 bits per heavy atom. The number of halogens is 3. The lowest BCUT2D eigenvalue weighted by atomic mass is 10.2. The van der Waals surface area contributed by atoms with E-state index in [-0.39, 0.29) is 22.6 Å². The van der Waals surface area contributed by atoms with Crippen LogP contribution in [0.15, 0.2) is 41.3 Å². The maximum Gasteiger partial charge on any atom is 0.341 e. The number of hydrogen-bond donors (Lipinski definition) is 0. The Bertz CT molecular complexity index is 976. The number of nitriles is 2. The van der Waals surface area contributed by atoms with E-state index in [9.17, 15) is 21.6 Å². The van der Waals surface area contributed by atoms with Gasteiger partial charge in [-0.15, -0.1) is 0 Å². The van der Waals surface area contributed by atoms with Crippen LogP contribution in [0.4, 0.5) is 13.2 Å². The number of hydrogen-bond acceptors (Lipinski definition) is 5. The molecule has 0 saturated carbocycles. The highest BCUT2D eigenvalue weighted by Gasteiger charge is 2.27. The molecule has 0 spiro atoms. The molecule has 9 heteroatoms. The van der Waals surface area contributed by atoms with Crippen molar-refractivity contribution in [3.05, 3.63) is 53.3 Å². The van der Waals surface area contributed by atoms with Crippen molar-refractivity contribution in [2.75, 3.05) is 0 Å². The van der Waals surface area contributed by atoms with Gasteiger partial charge in [-0.25, -0.2) is 12.8 Å². The summed E-state index contributed by atoms with van der Waals surface area (Å²) in [4.78, 5) is -0.738. The molecule has 0 heterocycles. The molecule has 0 aliphatic heterocycles. The van der Waals surface area contributed by atoms with E-state index in [1.54, 1.807) is 12.1 Å². The number of ether oxygens (including phenoxy) is 1. The molecule has 0 amide bonds. The third kappa shape index (κ3) is 3.47. The Morgan fingerprint density at radius 1 is 1.04 bits per heavy atom. The van der Waals surface area contributed by atoms with E-state index in [2.05, 4.69) is 0 Å². The van der Waals surface area contributed by atoms with Gasteiger partial charge in [0, 0.05) is 6.07 Å². The van der Waals surface area contributed by atoms with Crippen molar-refractivity contribution < 1.29 is 26.3 Å². The van der Waals surface area contributed by atoms with Crippen LogP contribution in [-0.2, 0) is 9.84 Å². The molecular formula is C15H7F3N2O3S. The number of benzene rings is 2. The van der Waals surface area contributed by atoms with Gasteiger partial charge in [0.05, 0.1) is 22.1 Å². The van der Waals surface area contributed by atoms with Crippen LogP contribution >= 0.6 is 0 Å². The fraction of sp³-hybridized carbons (Fsp3) is 0.0667. The topological polar surface area (TPSA) is 90.9 Å². The summed E-state index contributed by atoms with van der Waals surface area (Å²) in [5, 5.41) is 17.8. The molecule has 0 atom stereocenters. The highest BCUT2D eigenvalue weighted by molar-refractivity contribution is 7.91. The highest BCUT2D eigenvalue weighted by Crippen LogP contribution is 2.29. The summed E-state index contributed by atoms with van der Waals surface area (Å²) in [6, 6.07) is 9.05. The first-order valence-electron chi connectivity index (χ1n) is 6.22. The molecule has 2 rings (SSSR count). The van der Waals surface area contributed by atoms with E-state index >= 15 is 0 Å². The van der Waals surface area contributed by atoms with Crippen molar-refractivity contribution in [1.29, 1.82) is 10.5 Å². The lowest BCUT2D eigenvalue weighted by molar-refractivity contribution is 0.234. The SMILES string of the molecule is N#Cc1cc(F)cc(Oc2ccc(S(=O)(=O)C(F)F)cc2C#N)c1. The normalized spacial score (nSPS) is 10.9. The summed E-state index contributed by atoms with van der Waals surface area (Å²) in [5.41, 5.74) is -0.361. The molecule has 0 fully saturated rings. The number of sulfone groups is 1. The summed E-state index contributed by atoms with van der Waals surface area (Å²) >= 11 is 0. The Labute approximate surface area is 135 Å². The minimum atomic E-state index is -4.86. The zero-order valence-electron chi connectivity index (χ0n) is 11.7. The average Bonchev–Trinajstić information content (AvgIpc) is 2.54. The summed E-state index contributed by atoms with van der Waals surface area (Å²) in [5.74, 6) is -4.65. The summed E-state index contributed by atoms with van der Waals surface area (Å²) < 4.78 is 66.5. The molecule has 0 saturated heterocycles. The molecule has 5 nitrogen and oxygen atoms in total. The summed E-state index contributed by atoms with van der Waals surface area (Å²) in [7, 11) is -4.86. The summed E-state index contributed by atoms with van der Waals surface area (Å²) in [6.45, 7) is 0. The fourth-order valence-corrected chi connectivity index (χ4v) is 2.52. The van der Waals surface area contributed by atoms with Crippen LogP contribution in [0.25, 0.3) is 0 Å². The molecule has 0 aromatic heterocycles. The van der Waals surface area contributed by atoms with E-state index in [0.717, 1.165) is 30.3 Å². The van der Waals surface area contributed by atoms with Crippen molar-refractivity contribution in [1.82, 2.24) is 0 Å². The van der Waals surface area contributed by atoms with Crippen LogP contribution in [0.2, 0.25) is 0 Å². The number of rotatable bonds is 4. The van der Waals surface area contributed by atoms with Crippen LogP contribution in [0, 0.1) is 28.5 Å². The molecule has 24 heavy (non-hydrogen) atoms. The van der Waals surface area contributed by atoms with Crippen molar-refractivity contribution in [2.24, 2.45) is 0 Å². The van der Waals surface area contributed by atoms with Gasteiger partial charge in [-0.05, 0) is 30.3 Å². The Morgan fingerprint density at radius 3 is 2.33 bits per heavy atom. The Hall–Kier alpha value is -3.04. The van der Waals surface area contributed by atoms with Gasteiger partial charge in [-0.3, -0.25) is 0 Å². The predicted molar refractivity (Wildman–Crippen MR) is 75.5 cm³/mol. The maximum absolute atomic E-state index is 13.4. The van der Waals surface area contributed by atoms with E-state index in [0.29, 0.717) is 0 Å². The van der Waals surface area contributed by atoms with Gasteiger partial charge in [0.25, 0.3) is 0 Å². The van der Waals surface area contributed by atoms with Crippen LogP contribution in [0.1, 0.15) is 11.1 Å². The molecule has 0 aliphatic carbocycles. The van der Waals surface area contributed by atoms with E-state index in [1.165, 1.54) is 6.07 Å². The van der Waals surface area contributed by atoms with Crippen LogP contribution in [0.3, 0.4) is 0 Å². The first-order valence-corrected chi connectivity index (χ1v) is 7.77. The molecule has 2 aromatic carbocycles. The third-order valence-corrected chi connectivity index (χ3v) is 4.24. The van der Waals surface area contributed by atoms with E-state index in [4.69, 9.17) is 15.3 Å². The summed E-state index contributed by atoms with van der Waals surface area (Å²) in [6.07, 6.45) is 0. The van der Waals surface area contributed by atoms with Gasteiger partial charge in [0.2, 0.25) is 9.84 Å². The molecule has 0 bridgehead atoms. The van der Waals surface area contributed by atoms with Gasteiger partial charge >= 0.3 is 5.76 Å². The molecular weight excluding hydrogens is 345 g/mol. The third-order valence-electron chi connectivity index (χ3n) is 2.86. The van der Waals surface area contributed by atoms with Crippen molar-refractivity contribution in [3.8, 4) is 23.6 Å². The Kier molecular flexibility index (Phi) is 4.77. The second kappa shape index (κ2) is 6.60. The zero-order chi connectivity index (χ0) is 17.9. The van der Waals surface area contributed by atoms with Gasteiger partial charge in [-0.1, -0.05) is 0 Å². The van der Waals surface area contributed by atoms with Gasteiger partial charge in [0.15, 0.2) is 0 Å². The highest BCUT2D eigenvalue weighted by atomic mass is 32.2. The van der Waals surface area contributed by atoms with E-state index in [1.807, 2.05) is 0 Å².